The lowest BCUT2D eigenvalue weighted by Gasteiger charge is -2.26. The molecular weight excluding hydrogens is 460 g/mol. The Morgan fingerprint density at radius 3 is 0.789 bits per heavy atom. The van der Waals surface area contributed by atoms with Crippen molar-refractivity contribution in [2.24, 2.45) is 10.2 Å². The molecule has 0 saturated heterocycles. The van der Waals surface area contributed by atoms with Crippen LogP contribution in [0, 0.1) is 0 Å². The van der Waals surface area contributed by atoms with Gasteiger partial charge >= 0.3 is 0 Å². The zero-order valence-corrected chi connectivity index (χ0v) is 23.8. The summed E-state index contributed by atoms with van der Waals surface area (Å²) in [5.74, 6) is 2.87. The Hall–Kier alpha value is -1.96. The monoisotopic (exact) mass is 510 g/mol. The van der Waals surface area contributed by atoms with Gasteiger partial charge in [0.15, 0.2) is 0 Å². The third-order valence-electron chi connectivity index (χ3n) is 10.5. The topological polar surface area (TPSA) is 24.7 Å². The molecular formula is C36H50N2. The molecule has 4 aliphatic carbocycles. The largest absolute Gasteiger partial charge is 0.151 e. The molecule has 38 heavy (non-hydrogen) atoms. The first-order chi connectivity index (χ1) is 18.8. The summed E-state index contributed by atoms with van der Waals surface area (Å²) in [5.41, 5.74) is 8.36. The smallest absolute Gasteiger partial charge is 0.0862 e. The number of rotatable bonds is 6. The molecule has 2 aromatic carbocycles. The molecule has 0 N–H and O–H groups in total. The standard InChI is InChI=1S/C36H50N2/c1-5-13-27(14-6-1)31-21-32(28-15-7-2-8-16-28)24-35(23-31)37-38-36-25-33(29-17-9-3-10-18-29)22-34(26-36)30-19-11-4-12-20-30/h21-30H,1-20H2. The highest BCUT2D eigenvalue weighted by atomic mass is 15.1. The van der Waals surface area contributed by atoms with Crippen LogP contribution in [0.5, 0.6) is 0 Å². The third-order valence-corrected chi connectivity index (χ3v) is 10.5. The van der Waals surface area contributed by atoms with Gasteiger partial charge in [0, 0.05) is 0 Å². The Kier molecular flexibility index (Phi) is 8.94. The quantitative estimate of drug-likeness (QED) is 0.345. The van der Waals surface area contributed by atoms with Crippen LogP contribution in [0.25, 0.3) is 0 Å². The van der Waals surface area contributed by atoms with E-state index in [-0.39, 0.29) is 0 Å². The van der Waals surface area contributed by atoms with Gasteiger partial charge in [0.1, 0.15) is 0 Å². The Morgan fingerprint density at radius 1 is 0.316 bits per heavy atom. The molecule has 4 fully saturated rings. The van der Waals surface area contributed by atoms with Crippen LogP contribution in [-0.4, -0.2) is 0 Å². The summed E-state index contributed by atoms with van der Waals surface area (Å²) in [7, 11) is 0. The normalized spacial score (nSPS) is 23.3. The number of nitrogens with zero attached hydrogens (tertiary/aromatic N) is 2. The van der Waals surface area contributed by atoms with Crippen LogP contribution in [0.3, 0.4) is 0 Å². The molecule has 0 bridgehead atoms. The fourth-order valence-electron chi connectivity index (χ4n) is 8.24. The first-order valence-corrected chi connectivity index (χ1v) is 16.5. The number of hydrogen-bond acceptors (Lipinski definition) is 2. The van der Waals surface area contributed by atoms with Crippen molar-refractivity contribution < 1.29 is 0 Å². The van der Waals surface area contributed by atoms with E-state index in [4.69, 9.17) is 10.2 Å². The lowest BCUT2D eigenvalue weighted by atomic mass is 9.79. The summed E-state index contributed by atoms with van der Waals surface area (Å²) in [6.07, 6.45) is 27.5. The zero-order chi connectivity index (χ0) is 25.6. The summed E-state index contributed by atoms with van der Waals surface area (Å²) in [4.78, 5) is 0. The summed E-state index contributed by atoms with van der Waals surface area (Å²) >= 11 is 0. The van der Waals surface area contributed by atoms with E-state index in [2.05, 4.69) is 36.4 Å². The maximum absolute atomic E-state index is 4.98. The van der Waals surface area contributed by atoms with Gasteiger partial charge in [-0.25, -0.2) is 0 Å². The van der Waals surface area contributed by atoms with E-state index in [0.29, 0.717) is 23.7 Å². The first kappa shape index (κ1) is 26.3. The second-order valence-corrected chi connectivity index (χ2v) is 13.3. The van der Waals surface area contributed by atoms with Crippen molar-refractivity contribution >= 4 is 11.4 Å². The molecule has 2 aromatic rings. The third kappa shape index (κ3) is 6.60. The predicted molar refractivity (Wildman–Crippen MR) is 160 cm³/mol. The van der Waals surface area contributed by atoms with Gasteiger partial charge in [-0.2, -0.15) is 10.2 Å². The van der Waals surface area contributed by atoms with Crippen LogP contribution >= 0.6 is 0 Å². The lowest BCUT2D eigenvalue weighted by Crippen LogP contribution is -2.08. The Labute approximate surface area is 232 Å². The predicted octanol–water partition coefficient (Wildman–Crippen LogP) is 12.3. The van der Waals surface area contributed by atoms with Gasteiger partial charge in [0.05, 0.1) is 11.4 Å². The van der Waals surface area contributed by atoms with Crippen molar-refractivity contribution in [3.05, 3.63) is 58.7 Å². The second-order valence-electron chi connectivity index (χ2n) is 13.3. The van der Waals surface area contributed by atoms with E-state index in [9.17, 15) is 0 Å². The SMILES string of the molecule is c1c(N=Nc2cc(C3CCCCC3)cc(C3CCCCC3)c2)cc(C2CCCCC2)cc1C1CCCCC1. The van der Waals surface area contributed by atoms with Gasteiger partial charge in [-0.3, -0.25) is 0 Å². The highest BCUT2D eigenvalue weighted by Crippen LogP contribution is 2.42. The Bertz CT molecular complexity index is 903. The van der Waals surface area contributed by atoms with Crippen LogP contribution < -0.4 is 0 Å². The van der Waals surface area contributed by atoms with Gasteiger partial charge in [0.25, 0.3) is 0 Å². The molecule has 0 aliphatic heterocycles. The van der Waals surface area contributed by atoms with Crippen molar-refractivity contribution in [2.45, 2.75) is 152 Å². The molecule has 6 rings (SSSR count). The molecule has 0 heterocycles. The maximum Gasteiger partial charge on any atom is 0.0862 e. The summed E-state index contributed by atoms with van der Waals surface area (Å²) < 4.78 is 0. The van der Waals surface area contributed by atoms with Gasteiger partial charge in [0.2, 0.25) is 0 Å². The summed E-state index contributed by atoms with van der Waals surface area (Å²) in [6.45, 7) is 0. The van der Waals surface area contributed by atoms with Gasteiger partial charge < -0.3 is 0 Å². The fourth-order valence-corrected chi connectivity index (χ4v) is 8.24. The molecule has 204 valence electrons. The molecule has 0 atom stereocenters. The van der Waals surface area contributed by atoms with Gasteiger partial charge in [-0.15, -0.1) is 0 Å². The minimum atomic E-state index is 0.716. The Morgan fingerprint density at radius 2 is 0.553 bits per heavy atom. The van der Waals surface area contributed by atoms with Crippen LogP contribution in [-0.2, 0) is 0 Å². The van der Waals surface area contributed by atoms with Crippen LogP contribution in [0.2, 0.25) is 0 Å². The van der Waals surface area contributed by atoms with Crippen LogP contribution in [0.15, 0.2) is 46.6 Å². The molecule has 0 spiro atoms. The number of azo groups is 1. The van der Waals surface area contributed by atoms with Gasteiger partial charge in [-0.1, -0.05) is 89.2 Å². The summed E-state index contributed by atoms with van der Waals surface area (Å²) in [5, 5.41) is 9.97. The molecule has 4 saturated carbocycles. The first-order valence-electron chi connectivity index (χ1n) is 16.5. The zero-order valence-electron chi connectivity index (χ0n) is 23.8. The van der Waals surface area contributed by atoms with Crippen molar-refractivity contribution in [1.29, 1.82) is 0 Å². The molecule has 0 amide bonds. The van der Waals surface area contributed by atoms with E-state index in [1.54, 1.807) is 22.3 Å². The lowest BCUT2D eigenvalue weighted by molar-refractivity contribution is 0.435. The summed E-state index contributed by atoms with van der Waals surface area (Å²) in [6, 6.07) is 14.7. The van der Waals surface area contributed by atoms with Crippen molar-refractivity contribution in [3.63, 3.8) is 0 Å². The van der Waals surface area contributed by atoms with Crippen molar-refractivity contribution in [1.82, 2.24) is 0 Å². The van der Waals surface area contributed by atoms with Crippen LogP contribution in [0.4, 0.5) is 11.4 Å². The highest BCUT2D eigenvalue weighted by Gasteiger charge is 2.22. The molecule has 4 aliphatic rings. The molecule has 0 radical (unpaired) electrons. The maximum atomic E-state index is 4.98. The van der Waals surface area contributed by atoms with Crippen LogP contribution in [0.1, 0.15) is 174 Å². The van der Waals surface area contributed by atoms with Gasteiger partial charge in [-0.05, 0) is 122 Å². The fraction of sp³-hybridized carbons (Fsp3) is 0.667. The molecule has 0 aromatic heterocycles. The minimum Gasteiger partial charge on any atom is -0.151 e. The van der Waals surface area contributed by atoms with E-state index < -0.39 is 0 Å². The highest BCUT2D eigenvalue weighted by molar-refractivity contribution is 5.49. The Balaban J connectivity index is 1.31. The van der Waals surface area contributed by atoms with E-state index in [1.807, 2.05) is 0 Å². The molecule has 0 unspecified atom stereocenters. The average Bonchev–Trinajstić information content (AvgIpc) is 3.01. The van der Waals surface area contributed by atoms with E-state index in [0.717, 1.165) is 11.4 Å². The average molecular weight is 511 g/mol. The number of hydrogen-bond donors (Lipinski definition) is 0. The van der Waals surface area contributed by atoms with E-state index in [1.165, 1.54) is 128 Å². The molecule has 2 heteroatoms. The second kappa shape index (κ2) is 12.9. The van der Waals surface area contributed by atoms with Crippen molar-refractivity contribution in [2.75, 3.05) is 0 Å². The minimum absolute atomic E-state index is 0.716. The van der Waals surface area contributed by atoms with Crippen molar-refractivity contribution in [3.8, 4) is 0 Å². The molecule has 2 nitrogen and oxygen atoms in total. The van der Waals surface area contributed by atoms with E-state index >= 15 is 0 Å². The number of benzene rings is 2.